The van der Waals surface area contributed by atoms with Gasteiger partial charge in [-0.15, -0.1) is 0 Å². The Bertz CT molecular complexity index is 1510. The van der Waals surface area contributed by atoms with Gasteiger partial charge >= 0.3 is 0 Å². The first-order chi connectivity index (χ1) is 16.6. The van der Waals surface area contributed by atoms with Gasteiger partial charge in [-0.25, -0.2) is 8.42 Å². The molecule has 1 aliphatic rings. The highest BCUT2D eigenvalue weighted by Crippen LogP contribution is 2.28. The van der Waals surface area contributed by atoms with Gasteiger partial charge in [0.2, 0.25) is 5.78 Å². The quantitative estimate of drug-likeness (QED) is 0.479. The molecule has 9 nitrogen and oxygen atoms in total. The first-order valence-corrected chi connectivity index (χ1v) is 13.0. The Morgan fingerprint density at radius 2 is 1.86 bits per heavy atom. The maximum absolute atomic E-state index is 13.7. The molecule has 1 N–H and O–H groups in total. The van der Waals surface area contributed by atoms with E-state index < -0.39 is 21.2 Å². The lowest BCUT2D eigenvalue weighted by molar-refractivity contribution is 0.0990. The van der Waals surface area contributed by atoms with Gasteiger partial charge in [-0.1, -0.05) is 35.5 Å². The molecule has 1 aliphatic heterocycles. The highest BCUT2D eigenvalue weighted by molar-refractivity contribution is 7.90. The topological polar surface area (TPSA) is 128 Å². The van der Waals surface area contributed by atoms with Crippen LogP contribution in [0.1, 0.15) is 56.4 Å². The van der Waals surface area contributed by atoms with Crippen molar-refractivity contribution < 1.29 is 22.8 Å². The third kappa shape index (κ3) is 4.61. The first-order valence-electron chi connectivity index (χ1n) is 11.1. The summed E-state index contributed by atoms with van der Waals surface area (Å²) in [6, 6.07) is 11.4. The maximum atomic E-state index is 13.7. The van der Waals surface area contributed by atoms with E-state index in [1.165, 1.54) is 16.8 Å². The van der Waals surface area contributed by atoms with Crippen molar-refractivity contribution in [2.45, 2.75) is 38.1 Å². The summed E-state index contributed by atoms with van der Waals surface area (Å²) in [6.07, 6.45) is 1.33. The number of nitrogens with zero attached hydrogens (tertiary/aromatic N) is 2. The molecule has 4 rings (SSSR count). The third-order valence-corrected chi connectivity index (χ3v) is 7.15. The van der Waals surface area contributed by atoms with Crippen molar-refractivity contribution in [2.75, 3.05) is 12.9 Å². The van der Waals surface area contributed by atoms with Gasteiger partial charge in [0.1, 0.15) is 12.2 Å². The van der Waals surface area contributed by atoms with E-state index in [2.05, 4.69) is 10.3 Å². The average molecular weight is 496 g/mol. The van der Waals surface area contributed by atoms with Gasteiger partial charge in [-0.3, -0.25) is 24.2 Å². The van der Waals surface area contributed by atoms with Crippen LogP contribution in [0.25, 0.3) is 0 Å². The minimum atomic E-state index is -3.63. The molecular formula is C25H25N3O6S. The summed E-state index contributed by atoms with van der Waals surface area (Å²) < 4.78 is 26.4. The Morgan fingerprint density at radius 1 is 1.14 bits per heavy atom. The molecule has 0 aliphatic carbocycles. The zero-order chi connectivity index (χ0) is 25.3. The Hall–Kier alpha value is -3.79. The molecule has 35 heavy (non-hydrogen) atoms. The molecule has 182 valence electrons. The third-order valence-electron chi connectivity index (χ3n) is 6.01. The first kappa shape index (κ1) is 24.3. The molecule has 2 aromatic carbocycles. The summed E-state index contributed by atoms with van der Waals surface area (Å²) in [5.41, 5.74) is 1.29. The Morgan fingerprint density at radius 3 is 2.46 bits per heavy atom. The number of Topliss-reactive ketones (excluding diaryl/α,β-unsaturated/α-hetero) is 1. The molecule has 1 aromatic heterocycles. The number of oxime groups is 1. The fourth-order valence-electron chi connectivity index (χ4n) is 4.30. The predicted molar refractivity (Wildman–Crippen MR) is 130 cm³/mol. The number of aromatic nitrogens is 2. The SMILES string of the molecule is CCn1[nH]c(=O)c(C(=O)c2ccc(S(C)(=O)=O)c(C3=NOCC3)c2C)c1CC(=O)c1ccccc1. The number of ketones is 2. The van der Waals surface area contributed by atoms with Crippen LogP contribution in [0.2, 0.25) is 0 Å². The van der Waals surface area contributed by atoms with Crippen LogP contribution in [-0.2, 0) is 27.6 Å². The van der Waals surface area contributed by atoms with Crippen LogP contribution in [0, 0.1) is 6.92 Å². The summed E-state index contributed by atoms with van der Waals surface area (Å²) in [6.45, 7) is 4.08. The van der Waals surface area contributed by atoms with Crippen molar-refractivity contribution in [1.29, 1.82) is 0 Å². The molecule has 0 saturated heterocycles. The number of nitrogens with one attached hydrogen (secondary N) is 1. The van der Waals surface area contributed by atoms with E-state index in [0.717, 1.165) is 6.26 Å². The Kier molecular flexibility index (Phi) is 6.58. The van der Waals surface area contributed by atoms with Crippen LogP contribution in [-0.4, -0.2) is 48.3 Å². The number of rotatable bonds is 8. The summed E-state index contributed by atoms with van der Waals surface area (Å²) in [4.78, 5) is 44.6. The van der Waals surface area contributed by atoms with Crippen LogP contribution >= 0.6 is 0 Å². The van der Waals surface area contributed by atoms with Crippen LogP contribution in [0.3, 0.4) is 0 Å². The molecule has 0 unspecified atom stereocenters. The number of H-pyrrole nitrogens is 1. The molecule has 0 fully saturated rings. The second-order valence-electron chi connectivity index (χ2n) is 8.31. The van der Waals surface area contributed by atoms with Gasteiger partial charge in [0.15, 0.2) is 15.6 Å². The zero-order valence-corrected chi connectivity index (χ0v) is 20.4. The Balaban J connectivity index is 1.84. The second-order valence-corrected chi connectivity index (χ2v) is 10.3. The van der Waals surface area contributed by atoms with Gasteiger partial charge in [0.25, 0.3) is 5.56 Å². The van der Waals surface area contributed by atoms with E-state index >= 15 is 0 Å². The lowest BCUT2D eigenvalue weighted by Gasteiger charge is -2.14. The summed E-state index contributed by atoms with van der Waals surface area (Å²) in [7, 11) is -3.63. The van der Waals surface area contributed by atoms with E-state index in [-0.39, 0.29) is 33.9 Å². The smallest absolute Gasteiger partial charge is 0.275 e. The summed E-state index contributed by atoms with van der Waals surface area (Å²) in [5, 5.41) is 6.61. The molecule has 0 saturated carbocycles. The highest BCUT2D eigenvalue weighted by atomic mass is 32.2. The molecule has 2 heterocycles. The molecule has 0 bridgehead atoms. The number of carbonyl (C=O) groups is 2. The molecule has 0 radical (unpaired) electrons. The van der Waals surface area contributed by atoms with E-state index in [0.29, 0.717) is 42.0 Å². The van der Waals surface area contributed by atoms with Crippen molar-refractivity contribution in [3.05, 3.63) is 86.3 Å². The number of hydrogen-bond acceptors (Lipinski definition) is 7. The number of carbonyl (C=O) groups excluding carboxylic acids is 2. The van der Waals surface area contributed by atoms with Crippen molar-refractivity contribution >= 4 is 27.1 Å². The lowest BCUT2D eigenvalue weighted by Crippen LogP contribution is -2.20. The van der Waals surface area contributed by atoms with Gasteiger partial charge in [0, 0.05) is 35.9 Å². The predicted octanol–water partition coefficient (Wildman–Crippen LogP) is 2.69. The van der Waals surface area contributed by atoms with Crippen molar-refractivity contribution in [3.8, 4) is 0 Å². The molecular weight excluding hydrogens is 470 g/mol. The van der Waals surface area contributed by atoms with Crippen molar-refractivity contribution in [3.63, 3.8) is 0 Å². The molecule has 3 aromatic rings. The number of aryl methyl sites for hydroxylation is 1. The molecule has 0 atom stereocenters. The molecule has 10 heteroatoms. The van der Waals surface area contributed by atoms with Crippen LogP contribution in [0.5, 0.6) is 0 Å². The van der Waals surface area contributed by atoms with Gasteiger partial charge in [0.05, 0.1) is 22.7 Å². The van der Waals surface area contributed by atoms with Crippen molar-refractivity contribution in [1.82, 2.24) is 9.78 Å². The van der Waals surface area contributed by atoms with Crippen LogP contribution < -0.4 is 5.56 Å². The lowest BCUT2D eigenvalue weighted by atomic mass is 9.92. The second kappa shape index (κ2) is 9.46. The minimum absolute atomic E-state index is 0.0373. The van der Waals surface area contributed by atoms with Gasteiger partial charge in [-0.2, -0.15) is 0 Å². The number of benzene rings is 2. The fourth-order valence-corrected chi connectivity index (χ4v) is 5.25. The van der Waals surface area contributed by atoms with Crippen LogP contribution in [0.15, 0.2) is 57.3 Å². The number of sulfone groups is 1. The summed E-state index contributed by atoms with van der Waals surface area (Å²) in [5.74, 6) is -0.823. The van der Waals surface area contributed by atoms with Gasteiger partial charge < -0.3 is 4.84 Å². The van der Waals surface area contributed by atoms with Crippen LogP contribution in [0.4, 0.5) is 0 Å². The van der Waals surface area contributed by atoms with E-state index in [1.54, 1.807) is 44.2 Å². The average Bonchev–Trinajstić information content (AvgIpc) is 3.46. The highest BCUT2D eigenvalue weighted by Gasteiger charge is 2.29. The standard InChI is InChI=1S/C25H25N3O6S/c1-4-28-19(14-20(29)16-8-6-5-7-9-16)23(25(31)26-28)24(30)17-10-11-21(35(3,32)33)22(15(17)2)18-12-13-34-27-18/h5-11H,4,12-14H2,1-3H3,(H,26,31). The Labute approximate surface area is 202 Å². The van der Waals surface area contributed by atoms with E-state index in [9.17, 15) is 22.8 Å². The molecule has 0 spiro atoms. The monoisotopic (exact) mass is 495 g/mol. The van der Waals surface area contributed by atoms with E-state index in [4.69, 9.17) is 4.84 Å². The largest absolute Gasteiger partial charge is 0.395 e. The number of hydrogen-bond donors (Lipinski definition) is 1. The maximum Gasteiger partial charge on any atom is 0.275 e. The number of aromatic amines is 1. The van der Waals surface area contributed by atoms with Crippen molar-refractivity contribution in [2.24, 2.45) is 5.16 Å². The van der Waals surface area contributed by atoms with E-state index in [1.807, 2.05) is 0 Å². The fraction of sp³-hybridized carbons (Fsp3) is 0.280. The minimum Gasteiger partial charge on any atom is -0.395 e. The normalized spacial score (nSPS) is 13.4. The zero-order valence-electron chi connectivity index (χ0n) is 19.6. The van der Waals surface area contributed by atoms with Gasteiger partial charge in [-0.05, 0) is 31.5 Å². The molecule has 0 amide bonds. The summed E-state index contributed by atoms with van der Waals surface area (Å²) >= 11 is 0.